The lowest BCUT2D eigenvalue weighted by Crippen LogP contribution is -2.42. The van der Waals surface area contributed by atoms with Crippen molar-refractivity contribution in [2.75, 3.05) is 20.1 Å². The molecule has 1 N–H and O–H groups in total. The number of carbonyl (C=O) groups excluding carboxylic acids is 1. The first-order valence-electron chi connectivity index (χ1n) is 8.52. The third-order valence-electron chi connectivity index (χ3n) is 5.23. The van der Waals surface area contributed by atoms with Crippen LogP contribution in [0.4, 0.5) is 0 Å². The van der Waals surface area contributed by atoms with Crippen molar-refractivity contribution in [3.05, 3.63) is 23.7 Å². The van der Waals surface area contributed by atoms with Gasteiger partial charge in [-0.05, 0) is 38.9 Å². The largest absolute Gasteiger partial charge is 0.340 e. The van der Waals surface area contributed by atoms with Gasteiger partial charge in [-0.3, -0.25) is 4.79 Å². The molecule has 4 rings (SSSR count). The van der Waals surface area contributed by atoms with E-state index in [1.54, 1.807) is 6.20 Å². The van der Waals surface area contributed by atoms with Crippen LogP contribution in [0, 0.1) is 0 Å². The smallest absolute Gasteiger partial charge is 0.256 e. The summed E-state index contributed by atoms with van der Waals surface area (Å²) >= 11 is 0. The lowest BCUT2D eigenvalue weighted by atomic mass is 10.1. The van der Waals surface area contributed by atoms with E-state index < -0.39 is 0 Å². The van der Waals surface area contributed by atoms with E-state index in [1.807, 2.05) is 13.0 Å². The molecule has 0 aromatic carbocycles. The normalized spacial score (nSPS) is 25.0. The molecule has 2 aliphatic rings. The highest BCUT2D eigenvalue weighted by Crippen LogP contribution is 2.32. The molecule has 2 aliphatic heterocycles. The zero-order valence-electron chi connectivity index (χ0n) is 13.7. The van der Waals surface area contributed by atoms with E-state index in [2.05, 4.69) is 31.8 Å². The van der Waals surface area contributed by atoms with Crippen molar-refractivity contribution < 1.29 is 4.79 Å². The van der Waals surface area contributed by atoms with E-state index in [0.29, 0.717) is 23.3 Å². The summed E-state index contributed by atoms with van der Waals surface area (Å²) in [7, 11) is 2.15. The molecular formula is C17H23N5O. The topological polar surface area (TPSA) is 65.1 Å². The Kier molecular flexibility index (Phi) is 3.56. The van der Waals surface area contributed by atoms with Gasteiger partial charge in [0.2, 0.25) is 0 Å². The summed E-state index contributed by atoms with van der Waals surface area (Å²) in [4.78, 5) is 29.8. The number of aryl methyl sites for hydroxylation is 1. The molecule has 0 aliphatic carbocycles. The maximum absolute atomic E-state index is 13.3. The van der Waals surface area contributed by atoms with E-state index in [0.717, 1.165) is 50.1 Å². The van der Waals surface area contributed by atoms with Crippen LogP contribution in [0.25, 0.3) is 11.2 Å². The molecule has 0 radical (unpaired) electrons. The van der Waals surface area contributed by atoms with E-state index in [9.17, 15) is 4.79 Å². The van der Waals surface area contributed by atoms with Crippen molar-refractivity contribution in [1.29, 1.82) is 0 Å². The van der Waals surface area contributed by atoms with Crippen LogP contribution < -0.4 is 0 Å². The predicted octanol–water partition coefficient (Wildman–Crippen LogP) is 1.83. The number of likely N-dealkylation sites (tertiary alicyclic amines) is 1. The zero-order chi connectivity index (χ0) is 16.0. The first-order valence-corrected chi connectivity index (χ1v) is 8.52. The van der Waals surface area contributed by atoms with Gasteiger partial charge in [0.05, 0.1) is 11.1 Å². The SMILES string of the molecule is CCc1nc2nccc(C(=O)N3[C@@H]4CC[C@H]3CN(C)CC4)c2[nH]1. The fourth-order valence-electron chi connectivity index (χ4n) is 4.02. The number of imidazole rings is 1. The van der Waals surface area contributed by atoms with Crippen LogP contribution in [-0.4, -0.2) is 62.9 Å². The fourth-order valence-corrected chi connectivity index (χ4v) is 4.02. The van der Waals surface area contributed by atoms with Crippen molar-refractivity contribution >= 4 is 17.1 Å². The molecule has 2 aromatic rings. The molecule has 6 nitrogen and oxygen atoms in total. The number of rotatable bonds is 2. The number of nitrogens with zero attached hydrogens (tertiary/aromatic N) is 4. The minimum atomic E-state index is 0.131. The number of hydrogen-bond donors (Lipinski definition) is 1. The van der Waals surface area contributed by atoms with Gasteiger partial charge in [0.25, 0.3) is 5.91 Å². The molecule has 122 valence electrons. The molecule has 1 amide bonds. The Morgan fingerprint density at radius 2 is 2.17 bits per heavy atom. The summed E-state index contributed by atoms with van der Waals surface area (Å²) in [6, 6.07) is 2.53. The molecule has 0 saturated carbocycles. The van der Waals surface area contributed by atoms with Gasteiger partial charge in [-0.15, -0.1) is 0 Å². The minimum Gasteiger partial charge on any atom is -0.340 e. The summed E-state index contributed by atoms with van der Waals surface area (Å²) in [5, 5.41) is 0. The van der Waals surface area contributed by atoms with Crippen LogP contribution in [0.1, 0.15) is 42.4 Å². The zero-order valence-corrected chi connectivity index (χ0v) is 13.7. The Hall–Kier alpha value is -1.95. The summed E-state index contributed by atoms with van der Waals surface area (Å²) < 4.78 is 0. The van der Waals surface area contributed by atoms with E-state index in [1.165, 1.54) is 0 Å². The van der Waals surface area contributed by atoms with Gasteiger partial charge >= 0.3 is 0 Å². The van der Waals surface area contributed by atoms with Gasteiger partial charge in [0, 0.05) is 31.2 Å². The number of aromatic amines is 1. The van der Waals surface area contributed by atoms with Crippen LogP contribution in [0.5, 0.6) is 0 Å². The fraction of sp³-hybridized carbons (Fsp3) is 0.588. The number of hydrogen-bond acceptors (Lipinski definition) is 4. The lowest BCUT2D eigenvalue weighted by molar-refractivity contribution is 0.0675. The van der Waals surface area contributed by atoms with Crippen LogP contribution in [0.3, 0.4) is 0 Å². The predicted molar refractivity (Wildman–Crippen MR) is 88.4 cm³/mol. The molecule has 4 heterocycles. The summed E-state index contributed by atoms with van der Waals surface area (Å²) in [6.07, 6.45) is 5.81. The molecule has 0 unspecified atom stereocenters. The van der Waals surface area contributed by atoms with Crippen LogP contribution in [-0.2, 0) is 6.42 Å². The van der Waals surface area contributed by atoms with Crippen LogP contribution in [0.15, 0.2) is 12.3 Å². The Labute approximate surface area is 135 Å². The first kappa shape index (κ1) is 14.6. The van der Waals surface area contributed by atoms with Gasteiger partial charge in [0.1, 0.15) is 5.82 Å². The third kappa shape index (κ3) is 2.41. The first-order chi connectivity index (χ1) is 11.2. The Morgan fingerprint density at radius 1 is 1.35 bits per heavy atom. The molecule has 2 bridgehead atoms. The number of H-pyrrole nitrogens is 1. The van der Waals surface area contributed by atoms with E-state index in [4.69, 9.17) is 0 Å². The third-order valence-corrected chi connectivity index (χ3v) is 5.23. The van der Waals surface area contributed by atoms with Crippen LogP contribution in [0.2, 0.25) is 0 Å². The highest BCUT2D eigenvalue weighted by Gasteiger charge is 2.40. The average molecular weight is 313 g/mol. The Balaban J connectivity index is 1.73. The molecule has 23 heavy (non-hydrogen) atoms. The monoisotopic (exact) mass is 313 g/mol. The van der Waals surface area contributed by atoms with Crippen molar-refractivity contribution in [3.8, 4) is 0 Å². The molecule has 2 aromatic heterocycles. The quantitative estimate of drug-likeness (QED) is 0.918. The molecule has 2 atom stereocenters. The maximum Gasteiger partial charge on any atom is 0.256 e. The standard InChI is InChI=1S/C17H23N5O/c1-3-14-19-15-13(6-8-18-16(15)20-14)17(23)22-11-4-5-12(22)10-21(2)9-7-11/h6,8,11-12H,3-5,7,9-10H2,1-2H3,(H,18,19,20)/t11-,12+/m1/s1. The van der Waals surface area contributed by atoms with Gasteiger partial charge in [-0.25, -0.2) is 9.97 Å². The summed E-state index contributed by atoms with van der Waals surface area (Å²) in [6.45, 7) is 4.09. The highest BCUT2D eigenvalue weighted by molar-refractivity contribution is 6.04. The molecule has 0 spiro atoms. The minimum absolute atomic E-state index is 0.131. The molecule has 2 saturated heterocycles. The second-order valence-corrected chi connectivity index (χ2v) is 6.74. The second-order valence-electron chi connectivity index (χ2n) is 6.74. The number of amides is 1. The summed E-state index contributed by atoms with van der Waals surface area (Å²) in [5.74, 6) is 1.01. The van der Waals surface area contributed by atoms with Gasteiger partial charge in [-0.1, -0.05) is 6.92 Å². The summed E-state index contributed by atoms with van der Waals surface area (Å²) in [5.41, 5.74) is 2.14. The van der Waals surface area contributed by atoms with E-state index >= 15 is 0 Å². The number of nitrogens with one attached hydrogen (secondary N) is 1. The number of likely N-dealkylation sites (N-methyl/N-ethyl adjacent to an activating group) is 1. The van der Waals surface area contributed by atoms with Crippen molar-refractivity contribution in [2.45, 2.75) is 44.7 Å². The van der Waals surface area contributed by atoms with Gasteiger partial charge < -0.3 is 14.8 Å². The van der Waals surface area contributed by atoms with E-state index in [-0.39, 0.29) is 5.91 Å². The Morgan fingerprint density at radius 3 is 3.00 bits per heavy atom. The van der Waals surface area contributed by atoms with Crippen molar-refractivity contribution in [2.24, 2.45) is 0 Å². The molecular weight excluding hydrogens is 290 g/mol. The van der Waals surface area contributed by atoms with Gasteiger partial charge in [-0.2, -0.15) is 0 Å². The number of aromatic nitrogens is 3. The number of fused-ring (bicyclic) bond motifs is 3. The van der Waals surface area contributed by atoms with Crippen molar-refractivity contribution in [3.63, 3.8) is 0 Å². The highest BCUT2D eigenvalue weighted by atomic mass is 16.2. The maximum atomic E-state index is 13.3. The molecule has 2 fully saturated rings. The van der Waals surface area contributed by atoms with Gasteiger partial charge in [0.15, 0.2) is 5.65 Å². The second kappa shape index (κ2) is 5.60. The average Bonchev–Trinajstić information content (AvgIpc) is 3.10. The lowest BCUT2D eigenvalue weighted by Gasteiger charge is -2.28. The number of pyridine rings is 1. The van der Waals surface area contributed by atoms with Crippen molar-refractivity contribution in [1.82, 2.24) is 24.8 Å². The van der Waals surface area contributed by atoms with Crippen LogP contribution >= 0.6 is 0 Å². The number of carbonyl (C=O) groups is 1. The Bertz CT molecular complexity index is 740. The molecule has 6 heteroatoms.